The maximum absolute atomic E-state index is 12.7. The Morgan fingerprint density at radius 2 is 1.73 bits per heavy atom. The molecule has 0 aromatic heterocycles. The van der Waals surface area contributed by atoms with Crippen molar-refractivity contribution in [2.75, 3.05) is 18.4 Å². The van der Waals surface area contributed by atoms with Crippen LogP contribution in [0.15, 0.2) is 18.2 Å². The van der Waals surface area contributed by atoms with E-state index >= 15 is 0 Å². The number of hydrogen-bond acceptors (Lipinski definition) is 2. The van der Waals surface area contributed by atoms with Gasteiger partial charge in [0.1, 0.15) is 5.41 Å². The number of likely N-dealkylation sites (tertiary alicyclic amines) is 1. The van der Waals surface area contributed by atoms with Crippen molar-refractivity contribution in [1.82, 2.24) is 4.90 Å². The lowest BCUT2D eigenvalue weighted by Crippen LogP contribution is -2.49. The molecule has 1 aromatic rings. The van der Waals surface area contributed by atoms with E-state index in [4.69, 9.17) is 0 Å². The fourth-order valence-electron chi connectivity index (χ4n) is 2.82. The lowest BCUT2D eigenvalue weighted by Gasteiger charge is -2.33. The first-order chi connectivity index (χ1) is 10.3. The summed E-state index contributed by atoms with van der Waals surface area (Å²) in [6.07, 6.45) is 3.22. The van der Waals surface area contributed by atoms with Crippen LogP contribution in [0.2, 0.25) is 0 Å². The highest BCUT2D eigenvalue weighted by Gasteiger charge is 2.39. The normalized spacial score (nSPS) is 15.5. The second-order valence-corrected chi connectivity index (χ2v) is 6.75. The number of rotatable bonds is 3. The first-order valence-corrected chi connectivity index (χ1v) is 8.00. The molecule has 0 radical (unpaired) electrons. The Morgan fingerprint density at radius 1 is 1.09 bits per heavy atom. The van der Waals surface area contributed by atoms with Crippen molar-refractivity contribution in [3.8, 4) is 0 Å². The Bertz CT molecular complexity index is 572. The molecule has 2 rings (SSSR count). The third-order valence-corrected chi connectivity index (χ3v) is 4.38. The van der Waals surface area contributed by atoms with Crippen LogP contribution in [0.3, 0.4) is 0 Å². The van der Waals surface area contributed by atoms with Gasteiger partial charge in [-0.1, -0.05) is 17.7 Å². The average molecular weight is 302 g/mol. The molecule has 120 valence electrons. The van der Waals surface area contributed by atoms with Crippen LogP contribution < -0.4 is 5.32 Å². The summed E-state index contributed by atoms with van der Waals surface area (Å²) in [6.45, 7) is 8.92. The van der Waals surface area contributed by atoms with E-state index in [1.54, 1.807) is 13.8 Å². The molecule has 1 aliphatic heterocycles. The molecule has 0 bridgehead atoms. The fourth-order valence-corrected chi connectivity index (χ4v) is 2.82. The van der Waals surface area contributed by atoms with Gasteiger partial charge in [-0.2, -0.15) is 0 Å². The van der Waals surface area contributed by atoms with Crippen molar-refractivity contribution in [3.63, 3.8) is 0 Å². The minimum Gasteiger partial charge on any atom is -0.342 e. The SMILES string of the molecule is Cc1ccc(NC(=O)C(C)(C)C(=O)N2CCCCC2)c(C)c1. The Labute approximate surface area is 132 Å². The fraction of sp³-hybridized carbons (Fsp3) is 0.556. The molecule has 2 amide bonds. The quantitative estimate of drug-likeness (QED) is 0.871. The number of carbonyl (C=O) groups is 2. The molecule has 1 N–H and O–H groups in total. The van der Waals surface area contributed by atoms with Crippen LogP contribution in [-0.4, -0.2) is 29.8 Å². The summed E-state index contributed by atoms with van der Waals surface area (Å²) in [6, 6.07) is 5.88. The molecule has 1 saturated heterocycles. The Hall–Kier alpha value is -1.84. The number of benzene rings is 1. The zero-order chi connectivity index (χ0) is 16.3. The van der Waals surface area contributed by atoms with Gasteiger partial charge in [-0.25, -0.2) is 0 Å². The van der Waals surface area contributed by atoms with E-state index in [9.17, 15) is 9.59 Å². The molecule has 1 heterocycles. The van der Waals surface area contributed by atoms with E-state index in [0.29, 0.717) is 0 Å². The summed E-state index contributed by atoms with van der Waals surface area (Å²) in [5, 5.41) is 2.91. The van der Waals surface area contributed by atoms with E-state index < -0.39 is 5.41 Å². The van der Waals surface area contributed by atoms with Crippen LogP contribution in [0.5, 0.6) is 0 Å². The van der Waals surface area contributed by atoms with Crippen LogP contribution in [0.25, 0.3) is 0 Å². The summed E-state index contributed by atoms with van der Waals surface area (Å²) in [5.41, 5.74) is 1.89. The topological polar surface area (TPSA) is 49.4 Å². The Morgan fingerprint density at radius 3 is 2.32 bits per heavy atom. The molecule has 22 heavy (non-hydrogen) atoms. The van der Waals surface area contributed by atoms with Gasteiger partial charge in [0.15, 0.2) is 0 Å². The second kappa shape index (κ2) is 6.51. The zero-order valence-electron chi connectivity index (χ0n) is 14.0. The summed E-state index contributed by atoms with van der Waals surface area (Å²) in [4.78, 5) is 27.1. The van der Waals surface area contributed by atoms with Gasteiger partial charge in [-0.3, -0.25) is 9.59 Å². The van der Waals surface area contributed by atoms with Gasteiger partial charge in [-0.05, 0) is 58.6 Å². The maximum atomic E-state index is 12.7. The van der Waals surface area contributed by atoms with Crippen molar-refractivity contribution in [3.05, 3.63) is 29.3 Å². The number of hydrogen-bond donors (Lipinski definition) is 1. The highest BCUT2D eigenvalue weighted by Crippen LogP contribution is 2.25. The molecule has 0 aliphatic carbocycles. The summed E-state index contributed by atoms with van der Waals surface area (Å²) in [7, 11) is 0. The minimum atomic E-state index is -1.05. The van der Waals surface area contributed by atoms with Crippen molar-refractivity contribution in [1.29, 1.82) is 0 Å². The number of amides is 2. The predicted octanol–water partition coefficient (Wildman–Crippen LogP) is 3.28. The van der Waals surface area contributed by atoms with Crippen molar-refractivity contribution >= 4 is 17.5 Å². The lowest BCUT2D eigenvalue weighted by molar-refractivity contribution is -0.147. The molecule has 1 fully saturated rings. The zero-order valence-corrected chi connectivity index (χ0v) is 14.0. The number of anilines is 1. The van der Waals surface area contributed by atoms with Gasteiger partial charge in [0.05, 0.1) is 0 Å². The molecular weight excluding hydrogens is 276 g/mol. The molecule has 0 unspecified atom stereocenters. The van der Waals surface area contributed by atoms with Gasteiger partial charge in [-0.15, -0.1) is 0 Å². The maximum Gasteiger partial charge on any atom is 0.239 e. The highest BCUT2D eigenvalue weighted by molar-refractivity contribution is 6.10. The first kappa shape index (κ1) is 16.5. The van der Waals surface area contributed by atoms with Gasteiger partial charge < -0.3 is 10.2 Å². The van der Waals surface area contributed by atoms with E-state index in [-0.39, 0.29) is 11.8 Å². The molecule has 0 atom stereocenters. The van der Waals surface area contributed by atoms with E-state index in [0.717, 1.165) is 42.7 Å². The first-order valence-electron chi connectivity index (χ1n) is 8.00. The highest BCUT2D eigenvalue weighted by atomic mass is 16.2. The molecule has 4 nitrogen and oxygen atoms in total. The second-order valence-electron chi connectivity index (χ2n) is 6.75. The van der Waals surface area contributed by atoms with E-state index in [1.807, 2.05) is 36.9 Å². The van der Waals surface area contributed by atoms with E-state index in [2.05, 4.69) is 5.32 Å². The average Bonchev–Trinajstić information content (AvgIpc) is 2.50. The Kier molecular flexibility index (Phi) is 4.89. The van der Waals surface area contributed by atoms with Crippen molar-refractivity contribution < 1.29 is 9.59 Å². The molecule has 4 heteroatoms. The van der Waals surface area contributed by atoms with Crippen LogP contribution in [0.1, 0.15) is 44.2 Å². The van der Waals surface area contributed by atoms with Gasteiger partial charge in [0.25, 0.3) is 0 Å². The number of nitrogens with zero attached hydrogens (tertiary/aromatic N) is 1. The van der Waals surface area contributed by atoms with Gasteiger partial charge in [0, 0.05) is 18.8 Å². The number of nitrogens with one attached hydrogen (secondary N) is 1. The van der Waals surface area contributed by atoms with Crippen LogP contribution in [0, 0.1) is 19.3 Å². The number of carbonyl (C=O) groups excluding carboxylic acids is 2. The van der Waals surface area contributed by atoms with Gasteiger partial charge >= 0.3 is 0 Å². The van der Waals surface area contributed by atoms with Crippen LogP contribution in [0.4, 0.5) is 5.69 Å². The predicted molar refractivity (Wildman–Crippen MR) is 88.8 cm³/mol. The molecule has 0 saturated carbocycles. The summed E-state index contributed by atoms with van der Waals surface area (Å²) in [5.74, 6) is -0.315. The van der Waals surface area contributed by atoms with Crippen LogP contribution in [-0.2, 0) is 9.59 Å². The summed E-state index contributed by atoms with van der Waals surface area (Å²) >= 11 is 0. The van der Waals surface area contributed by atoms with Crippen molar-refractivity contribution in [2.45, 2.75) is 47.0 Å². The monoisotopic (exact) mass is 302 g/mol. The minimum absolute atomic E-state index is 0.0746. The van der Waals surface area contributed by atoms with Crippen LogP contribution >= 0.6 is 0 Å². The van der Waals surface area contributed by atoms with E-state index in [1.165, 1.54) is 6.42 Å². The largest absolute Gasteiger partial charge is 0.342 e. The van der Waals surface area contributed by atoms with Gasteiger partial charge in [0.2, 0.25) is 11.8 Å². The standard InChI is InChI=1S/C18H26N2O2/c1-13-8-9-15(14(2)12-13)19-16(21)18(3,4)17(22)20-10-6-5-7-11-20/h8-9,12H,5-7,10-11H2,1-4H3,(H,19,21). The van der Waals surface area contributed by atoms with Crippen molar-refractivity contribution in [2.24, 2.45) is 5.41 Å². The molecule has 0 spiro atoms. The smallest absolute Gasteiger partial charge is 0.239 e. The molecule has 1 aliphatic rings. The lowest BCUT2D eigenvalue weighted by atomic mass is 9.89. The third-order valence-electron chi connectivity index (χ3n) is 4.38. The number of aryl methyl sites for hydroxylation is 2. The number of piperidine rings is 1. The molecular formula is C18H26N2O2. The summed E-state index contributed by atoms with van der Waals surface area (Å²) < 4.78 is 0. The third kappa shape index (κ3) is 3.49. The Balaban J connectivity index is 2.10. The molecule has 1 aromatic carbocycles.